The van der Waals surface area contributed by atoms with Crippen LogP contribution >= 0.6 is 0 Å². The first kappa shape index (κ1) is 20.8. The molecule has 0 N–H and O–H groups in total. The van der Waals surface area contributed by atoms with Gasteiger partial charge in [0.1, 0.15) is 8.24 Å². The van der Waals surface area contributed by atoms with Crippen LogP contribution in [0.2, 0.25) is 35.5 Å². The maximum Gasteiger partial charge on any atom is 0.262 e. The van der Waals surface area contributed by atoms with Crippen molar-refractivity contribution in [1.29, 1.82) is 0 Å². The Bertz CT molecular complexity index is 415. The zero-order valence-electron chi connectivity index (χ0n) is 16.6. The van der Waals surface area contributed by atoms with Gasteiger partial charge in [-0.05, 0) is 18.6 Å². The highest BCUT2D eigenvalue weighted by Crippen LogP contribution is 2.24. The summed E-state index contributed by atoms with van der Waals surface area (Å²) in [7, 11) is -1.31. The number of hydrogen-bond acceptors (Lipinski definition) is 1. The van der Waals surface area contributed by atoms with Crippen molar-refractivity contribution in [2.45, 2.75) is 69.6 Å². The van der Waals surface area contributed by atoms with Crippen molar-refractivity contribution in [3.8, 4) is 0 Å². The fourth-order valence-electron chi connectivity index (χ4n) is 3.66. The van der Waals surface area contributed by atoms with Crippen molar-refractivity contribution in [3.63, 3.8) is 0 Å². The van der Waals surface area contributed by atoms with E-state index in [0.717, 1.165) is 11.8 Å². The van der Waals surface area contributed by atoms with E-state index in [1.54, 1.807) is 0 Å². The number of benzene rings is 1. The summed E-state index contributed by atoms with van der Waals surface area (Å²) in [6.45, 7) is 18.3. The molecule has 0 bridgehead atoms. The second kappa shape index (κ2) is 9.92. The molecule has 0 amide bonds. The van der Waals surface area contributed by atoms with Gasteiger partial charge in [-0.3, -0.25) is 0 Å². The lowest BCUT2D eigenvalue weighted by molar-refractivity contribution is 0.683. The maximum absolute atomic E-state index is 2.73. The van der Waals surface area contributed by atoms with Gasteiger partial charge in [0, 0.05) is 12.2 Å². The summed E-state index contributed by atoms with van der Waals surface area (Å²) in [5, 5.41) is 4.57. The van der Waals surface area contributed by atoms with Gasteiger partial charge in [0.2, 0.25) is 0 Å². The molecule has 0 spiro atoms. The smallest absolute Gasteiger partial charge is 0.262 e. The summed E-state index contributed by atoms with van der Waals surface area (Å²) in [5.74, 6) is 1.76. The van der Waals surface area contributed by atoms with Crippen molar-refractivity contribution < 1.29 is 0 Å². The van der Waals surface area contributed by atoms with Gasteiger partial charge in [0.25, 0.3) is 14.1 Å². The average molecular weight is 348 g/mol. The molecule has 0 aliphatic rings. The Morgan fingerprint density at radius 3 is 1.87 bits per heavy atom. The van der Waals surface area contributed by atoms with E-state index in [1.807, 2.05) is 0 Å². The van der Waals surface area contributed by atoms with Gasteiger partial charge < -0.3 is 4.57 Å². The molecule has 0 unspecified atom stereocenters. The lowest BCUT2D eigenvalue weighted by Gasteiger charge is -2.37. The minimum absolute atomic E-state index is 0.568. The molecule has 0 aliphatic heterocycles. The topological polar surface area (TPSA) is 3.24 Å². The van der Waals surface area contributed by atoms with Crippen LogP contribution in [0.25, 0.3) is 0 Å². The molecule has 0 radical (unpaired) electrons. The molecule has 3 heteroatoms. The van der Waals surface area contributed by atoms with Gasteiger partial charge in [0.05, 0.1) is 0 Å². The zero-order chi connectivity index (χ0) is 17.5. The Morgan fingerprint density at radius 1 is 0.913 bits per heavy atom. The quantitative estimate of drug-likeness (QED) is 0.435. The highest BCUT2D eigenvalue weighted by Gasteiger charge is 2.25. The van der Waals surface area contributed by atoms with Gasteiger partial charge >= 0.3 is 0 Å². The molecule has 1 aromatic carbocycles. The maximum atomic E-state index is 2.73. The number of rotatable bonds is 10. The molecule has 0 saturated heterocycles. The van der Waals surface area contributed by atoms with E-state index in [2.05, 4.69) is 82.2 Å². The van der Waals surface area contributed by atoms with Crippen LogP contribution in [-0.4, -0.2) is 28.9 Å². The Hall–Kier alpha value is -0.231. The molecule has 130 valence electrons. The summed E-state index contributed by atoms with van der Waals surface area (Å²) in [5.41, 5.74) is 1.43. The monoisotopic (exact) mass is 347 g/mol. The molecule has 23 heavy (non-hydrogen) atoms. The van der Waals surface area contributed by atoms with Crippen LogP contribution < -0.4 is 4.57 Å². The Balaban J connectivity index is 2.63. The first-order chi connectivity index (χ1) is 10.7. The molecular weight excluding hydrogens is 309 g/mol. The van der Waals surface area contributed by atoms with Crippen LogP contribution in [0.4, 0.5) is 5.69 Å². The lowest BCUT2D eigenvalue weighted by atomic mass is 10.3. The van der Waals surface area contributed by atoms with Gasteiger partial charge in [-0.15, -0.1) is 0 Å². The van der Waals surface area contributed by atoms with E-state index >= 15 is 0 Å². The fourth-order valence-corrected chi connectivity index (χ4v) is 9.51. The van der Waals surface area contributed by atoms with Crippen LogP contribution in [0.1, 0.15) is 34.1 Å². The zero-order valence-corrected chi connectivity index (χ0v) is 18.8. The van der Waals surface area contributed by atoms with E-state index < -0.39 is 22.4 Å². The highest BCUT2D eigenvalue weighted by atomic mass is 28.3. The third-order valence-corrected chi connectivity index (χ3v) is 11.0. The molecule has 0 aromatic heterocycles. The molecule has 0 heterocycles. The second-order valence-electron chi connectivity index (χ2n) is 8.93. The van der Waals surface area contributed by atoms with Gasteiger partial charge in [0.15, 0.2) is 0 Å². The Labute approximate surface area is 151 Å². The molecule has 0 aliphatic carbocycles. The predicted octanol–water partition coefficient (Wildman–Crippen LogP) is 6.52. The first-order valence-electron chi connectivity index (χ1n) is 9.52. The predicted molar refractivity (Wildman–Crippen MR) is 112 cm³/mol. The molecule has 0 atom stereocenters. The van der Waals surface area contributed by atoms with Crippen LogP contribution in [-0.2, 0) is 0 Å². The number of anilines is 1. The average Bonchev–Trinajstić information content (AvgIpc) is 2.41. The minimum Gasteiger partial charge on any atom is -0.398 e. The van der Waals surface area contributed by atoms with Crippen molar-refractivity contribution in [2.24, 2.45) is 11.8 Å². The standard InChI is InChI=1S/C12H20NSi.2C4H9.Al/c1-5-11-13(14(2,3)4)12-9-7-6-8-10-12;2*1-4(2)3;/h6-10H,1,5,11H2,2-4H3;2*4H,1H2,2-3H3;. The number of nitrogens with zero attached hydrogens (tertiary/aromatic N) is 1. The Morgan fingerprint density at radius 2 is 1.43 bits per heavy atom. The first-order valence-corrected chi connectivity index (χ1v) is 15.4. The number of hydrogen-bond donors (Lipinski definition) is 0. The third kappa shape index (κ3) is 8.43. The lowest BCUT2D eigenvalue weighted by Crippen LogP contribution is -2.47. The van der Waals surface area contributed by atoms with Crippen LogP contribution in [0.3, 0.4) is 0 Å². The van der Waals surface area contributed by atoms with Gasteiger partial charge in [-0.25, -0.2) is 0 Å². The summed E-state index contributed by atoms with van der Waals surface area (Å²) >= 11 is -0.568. The fraction of sp³-hybridized carbons (Fsp3) is 0.700. The molecule has 1 nitrogen and oxygen atoms in total. The SMILES string of the molecule is CC(C)[CH2][Al]([CH2]CCN(c1ccccc1)[Si](C)(C)C)[CH2]C(C)C. The van der Waals surface area contributed by atoms with Crippen molar-refractivity contribution in [2.75, 3.05) is 11.1 Å². The van der Waals surface area contributed by atoms with Crippen LogP contribution in [0.15, 0.2) is 30.3 Å². The minimum atomic E-state index is -1.31. The normalized spacial score (nSPS) is 12.0. The summed E-state index contributed by atoms with van der Waals surface area (Å²) in [6.07, 6.45) is 1.38. The van der Waals surface area contributed by atoms with Crippen molar-refractivity contribution >= 4 is 28.1 Å². The van der Waals surface area contributed by atoms with Crippen molar-refractivity contribution in [1.82, 2.24) is 0 Å². The third-order valence-electron chi connectivity index (χ3n) is 4.48. The second-order valence-corrected chi connectivity index (χ2v) is 17.1. The molecule has 0 saturated carbocycles. The van der Waals surface area contributed by atoms with E-state index in [4.69, 9.17) is 0 Å². The molecule has 1 rings (SSSR count). The van der Waals surface area contributed by atoms with Crippen LogP contribution in [0, 0.1) is 11.8 Å². The summed E-state index contributed by atoms with van der Waals surface area (Å²) in [6, 6.07) is 11.1. The summed E-state index contributed by atoms with van der Waals surface area (Å²) in [4.78, 5) is 0. The summed E-state index contributed by atoms with van der Waals surface area (Å²) < 4.78 is 2.73. The Kier molecular flexibility index (Phi) is 8.98. The molecular formula is C20H38AlNSi. The van der Waals surface area contributed by atoms with E-state index in [9.17, 15) is 0 Å². The van der Waals surface area contributed by atoms with Gasteiger partial charge in [-0.1, -0.05) is 93.2 Å². The molecule has 0 fully saturated rings. The van der Waals surface area contributed by atoms with Gasteiger partial charge in [-0.2, -0.15) is 0 Å². The molecule has 1 aromatic rings. The number of para-hydroxylation sites is 1. The van der Waals surface area contributed by atoms with E-state index in [1.165, 1.54) is 34.5 Å². The highest BCUT2D eigenvalue weighted by molar-refractivity contribution is 6.79. The van der Waals surface area contributed by atoms with Crippen LogP contribution in [0.5, 0.6) is 0 Å². The van der Waals surface area contributed by atoms with E-state index in [0.29, 0.717) is 0 Å². The largest absolute Gasteiger partial charge is 0.398 e. The van der Waals surface area contributed by atoms with Crippen molar-refractivity contribution in [3.05, 3.63) is 30.3 Å². The van der Waals surface area contributed by atoms with E-state index in [-0.39, 0.29) is 0 Å².